The van der Waals surface area contributed by atoms with Gasteiger partial charge in [-0.25, -0.2) is 8.42 Å². The van der Waals surface area contributed by atoms with E-state index in [1.165, 1.54) is 6.08 Å². The van der Waals surface area contributed by atoms with Crippen LogP contribution >= 0.6 is 0 Å². The number of benzene rings is 1. The van der Waals surface area contributed by atoms with Gasteiger partial charge < -0.3 is 25.7 Å². The van der Waals surface area contributed by atoms with Crippen LogP contribution in [0.5, 0.6) is 0 Å². The maximum atomic E-state index is 13.8. The van der Waals surface area contributed by atoms with Crippen LogP contribution in [0, 0.1) is 11.8 Å². The van der Waals surface area contributed by atoms with E-state index >= 15 is 0 Å². The molecule has 3 atom stereocenters. The maximum Gasteiger partial charge on any atom is 0.243 e. The number of fused-ring (bicyclic) bond motifs is 1. The normalized spacial score (nSPS) is 16.8. The molecule has 3 amide bonds. The third-order valence-corrected chi connectivity index (χ3v) is 7.82. The molecule has 1 aliphatic rings. The first-order valence-electron chi connectivity index (χ1n) is 14.9. The number of H-pyrrole nitrogens is 1. The molecular formula is C31H47N5O6S. The van der Waals surface area contributed by atoms with Gasteiger partial charge in [-0.05, 0) is 36.3 Å². The molecule has 1 saturated heterocycles. The highest BCUT2D eigenvalue weighted by Gasteiger charge is 2.29. The largest absolute Gasteiger partial charge is 0.379 e. The molecule has 2 heterocycles. The number of para-hydroxylation sites is 1. The number of rotatable bonds is 15. The van der Waals surface area contributed by atoms with Gasteiger partial charge in [-0.1, -0.05) is 52.0 Å². The molecule has 1 aromatic heterocycles. The summed E-state index contributed by atoms with van der Waals surface area (Å²) in [5, 5.41) is 10.8. The number of aromatic nitrogens is 1. The molecular weight excluding hydrogens is 570 g/mol. The first kappa shape index (κ1) is 34.3. The van der Waals surface area contributed by atoms with Crippen LogP contribution in [0.2, 0.25) is 0 Å². The molecule has 1 aliphatic heterocycles. The van der Waals surface area contributed by atoms with Crippen molar-refractivity contribution < 1.29 is 27.5 Å². The molecule has 0 aliphatic carbocycles. The number of hydrogen-bond acceptors (Lipinski definition) is 7. The van der Waals surface area contributed by atoms with E-state index in [0.29, 0.717) is 39.1 Å². The van der Waals surface area contributed by atoms with E-state index in [4.69, 9.17) is 4.74 Å². The molecule has 3 rings (SSSR count). The maximum absolute atomic E-state index is 13.8. The Morgan fingerprint density at radius 1 is 0.953 bits per heavy atom. The first-order chi connectivity index (χ1) is 20.3. The molecule has 0 spiro atoms. The fourth-order valence-corrected chi connectivity index (χ4v) is 5.60. The second kappa shape index (κ2) is 16.0. The Balaban J connectivity index is 1.81. The van der Waals surface area contributed by atoms with Crippen LogP contribution in [0.4, 0.5) is 0 Å². The summed E-state index contributed by atoms with van der Waals surface area (Å²) in [7, 11) is -3.38. The number of nitrogens with one attached hydrogen (secondary N) is 4. The molecule has 4 N–H and O–H groups in total. The summed E-state index contributed by atoms with van der Waals surface area (Å²) in [6, 6.07) is 5.41. The minimum atomic E-state index is -3.38. The smallest absolute Gasteiger partial charge is 0.243 e. The van der Waals surface area contributed by atoms with E-state index < -0.39 is 39.8 Å². The lowest BCUT2D eigenvalue weighted by atomic mass is 9.99. The average molecular weight is 618 g/mol. The van der Waals surface area contributed by atoms with Crippen LogP contribution in [0.1, 0.15) is 46.1 Å². The fourth-order valence-electron chi connectivity index (χ4n) is 5.12. The summed E-state index contributed by atoms with van der Waals surface area (Å²) >= 11 is 0. The van der Waals surface area contributed by atoms with Crippen molar-refractivity contribution in [3.05, 3.63) is 47.5 Å². The number of nitrogens with zero attached hydrogens (tertiary/aromatic N) is 1. The number of ether oxygens (including phenoxy) is 1. The molecule has 238 valence electrons. The molecule has 1 aromatic carbocycles. The zero-order valence-corrected chi connectivity index (χ0v) is 26.7. The van der Waals surface area contributed by atoms with Gasteiger partial charge >= 0.3 is 0 Å². The lowest BCUT2D eigenvalue weighted by Crippen LogP contribution is -2.56. The molecule has 12 heteroatoms. The summed E-state index contributed by atoms with van der Waals surface area (Å²) in [6.45, 7) is 10.4. The summed E-state index contributed by atoms with van der Waals surface area (Å²) in [6.07, 6.45) is 5.54. The van der Waals surface area contributed by atoms with Gasteiger partial charge in [-0.2, -0.15) is 0 Å². The highest BCUT2D eigenvalue weighted by molar-refractivity contribution is 7.93. The van der Waals surface area contributed by atoms with Crippen molar-refractivity contribution in [3.8, 4) is 0 Å². The van der Waals surface area contributed by atoms with Gasteiger partial charge in [-0.3, -0.25) is 19.3 Å². The number of hydrogen-bond donors (Lipinski definition) is 4. The molecule has 1 fully saturated rings. The quantitative estimate of drug-likeness (QED) is 0.239. The average Bonchev–Trinajstić information content (AvgIpc) is 3.33. The van der Waals surface area contributed by atoms with Crippen molar-refractivity contribution in [3.63, 3.8) is 0 Å². The van der Waals surface area contributed by atoms with Crippen molar-refractivity contribution in [2.24, 2.45) is 11.8 Å². The Labute approximate surface area is 255 Å². The summed E-state index contributed by atoms with van der Waals surface area (Å²) in [5.74, 6) is -0.886. The van der Waals surface area contributed by atoms with Crippen molar-refractivity contribution in [1.29, 1.82) is 0 Å². The predicted octanol–water partition coefficient (Wildman–Crippen LogP) is 2.15. The zero-order chi connectivity index (χ0) is 31.6. The second-order valence-corrected chi connectivity index (χ2v) is 14.1. The summed E-state index contributed by atoms with van der Waals surface area (Å²) in [5.41, 5.74) is 1.79. The Bertz CT molecular complexity index is 1360. The number of morpholine rings is 1. The van der Waals surface area contributed by atoms with Gasteiger partial charge in [-0.15, -0.1) is 0 Å². The van der Waals surface area contributed by atoms with Gasteiger partial charge in [0.05, 0.1) is 19.8 Å². The molecule has 0 radical (unpaired) electrons. The number of carbonyl (C=O) groups is 3. The summed E-state index contributed by atoms with van der Waals surface area (Å²) in [4.78, 5) is 45.6. The third kappa shape index (κ3) is 11.8. The highest BCUT2D eigenvalue weighted by Crippen LogP contribution is 2.19. The standard InChI is InChI=1S/C31H47N5O6S/c1-21(2)16-24(10-15-43(5,40)41)33-30(38)27(17-22(3)4)35-31(39)28(34-29(37)20-36-11-13-42-14-12-36)18-23-19-32-26-9-7-6-8-25(23)26/h6-10,15,19,21-22,24,27-28,32H,11-14,16-18,20H2,1-5H3,(H,33,38)(H,34,37)(H,35,39)/b15-10+/t24-,27+,28+/m1/s1. The highest BCUT2D eigenvalue weighted by atomic mass is 32.2. The minimum absolute atomic E-state index is 0.0779. The van der Waals surface area contributed by atoms with Crippen LogP contribution in [0.15, 0.2) is 41.9 Å². The van der Waals surface area contributed by atoms with Crippen LogP contribution in [-0.2, 0) is 35.4 Å². The molecule has 0 bridgehead atoms. The Morgan fingerprint density at radius 2 is 1.60 bits per heavy atom. The van der Waals surface area contributed by atoms with E-state index in [-0.39, 0.29) is 30.7 Å². The number of aromatic amines is 1. The monoisotopic (exact) mass is 617 g/mol. The Morgan fingerprint density at radius 3 is 2.26 bits per heavy atom. The van der Waals surface area contributed by atoms with Gasteiger partial charge in [0.1, 0.15) is 12.1 Å². The molecule has 11 nitrogen and oxygen atoms in total. The molecule has 43 heavy (non-hydrogen) atoms. The van der Waals surface area contributed by atoms with E-state index in [9.17, 15) is 22.8 Å². The Hall–Kier alpha value is -3.22. The predicted molar refractivity (Wildman–Crippen MR) is 168 cm³/mol. The van der Waals surface area contributed by atoms with Crippen molar-refractivity contribution >= 4 is 38.5 Å². The zero-order valence-electron chi connectivity index (χ0n) is 25.9. The van der Waals surface area contributed by atoms with Gasteiger partial charge in [0, 0.05) is 54.3 Å². The summed E-state index contributed by atoms with van der Waals surface area (Å²) < 4.78 is 28.8. The molecule has 2 aromatic rings. The SMILES string of the molecule is CC(C)C[C@@H](/C=C/S(C)(=O)=O)NC(=O)[C@H](CC(C)C)NC(=O)[C@H](Cc1c[nH]c2ccccc12)NC(=O)CN1CCOCC1. The van der Waals surface area contributed by atoms with E-state index in [0.717, 1.165) is 28.1 Å². The van der Waals surface area contributed by atoms with Crippen LogP contribution in [-0.4, -0.2) is 93.3 Å². The van der Waals surface area contributed by atoms with Crippen LogP contribution < -0.4 is 16.0 Å². The van der Waals surface area contributed by atoms with E-state index in [1.54, 1.807) is 0 Å². The first-order valence-corrected chi connectivity index (χ1v) is 16.9. The van der Waals surface area contributed by atoms with Crippen molar-refractivity contribution in [1.82, 2.24) is 25.8 Å². The third-order valence-electron chi connectivity index (χ3n) is 7.17. The minimum Gasteiger partial charge on any atom is -0.379 e. The number of amides is 3. The Kier molecular flexibility index (Phi) is 12.8. The van der Waals surface area contributed by atoms with E-state index in [1.807, 2.05) is 63.1 Å². The second-order valence-electron chi connectivity index (χ2n) is 12.2. The molecule has 0 saturated carbocycles. The topological polar surface area (TPSA) is 150 Å². The van der Waals surface area contributed by atoms with Gasteiger partial charge in [0.15, 0.2) is 9.84 Å². The lowest BCUT2D eigenvalue weighted by molar-refractivity contribution is -0.133. The fraction of sp³-hybridized carbons (Fsp3) is 0.581. The van der Waals surface area contributed by atoms with Gasteiger partial charge in [0.25, 0.3) is 0 Å². The lowest BCUT2D eigenvalue weighted by Gasteiger charge is -2.28. The van der Waals surface area contributed by atoms with Crippen LogP contribution in [0.25, 0.3) is 10.9 Å². The number of carbonyl (C=O) groups excluding carboxylic acids is 3. The van der Waals surface area contributed by atoms with Crippen molar-refractivity contribution in [2.75, 3.05) is 39.1 Å². The molecule has 0 unspecified atom stereocenters. The van der Waals surface area contributed by atoms with Gasteiger partial charge in [0.2, 0.25) is 17.7 Å². The van der Waals surface area contributed by atoms with E-state index in [2.05, 4.69) is 20.9 Å². The number of sulfone groups is 1. The van der Waals surface area contributed by atoms with Crippen LogP contribution in [0.3, 0.4) is 0 Å². The van der Waals surface area contributed by atoms with Crippen molar-refractivity contribution in [2.45, 2.75) is 65.1 Å².